The lowest BCUT2D eigenvalue weighted by atomic mass is 9.69. The standard InChI is InChI=1S/C19H21N3O2.ClH/c1-12-14-6-7-19(10-23,9-15-13(2)20-11-21-15)18(24)17(14)22-8-4-3-5-16(12)22;/h3-5,8,11,23H,6-7,9-10H2,1-2H3,(H,20,21);1H. The maximum absolute atomic E-state index is 13.4. The predicted molar refractivity (Wildman–Crippen MR) is 98.6 cm³/mol. The number of halogens is 1. The van der Waals surface area contributed by atoms with Crippen molar-refractivity contribution in [3.05, 3.63) is 58.9 Å². The molecule has 2 N–H and O–H groups in total. The molecule has 0 saturated carbocycles. The zero-order valence-electron chi connectivity index (χ0n) is 14.4. The number of imidazole rings is 1. The van der Waals surface area contributed by atoms with Crippen LogP contribution in [-0.4, -0.2) is 31.9 Å². The van der Waals surface area contributed by atoms with E-state index in [0.29, 0.717) is 12.8 Å². The first-order valence-electron chi connectivity index (χ1n) is 8.30. The highest BCUT2D eigenvalue weighted by atomic mass is 35.5. The first kappa shape index (κ1) is 17.7. The van der Waals surface area contributed by atoms with E-state index in [1.54, 1.807) is 6.33 Å². The number of aryl methyl sites for hydroxylation is 2. The van der Waals surface area contributed by atoms with Gasteiger partial charge in [0, 0.05) is 23.8 Å². The number of ketones is 1. The van der Waals surface area contributed by atoms with Gasteiger partial charge in [-0.05, 0) is 49.9 Å². The summed E-state index contributed by atoms with van der Waals surface area (Å²) in [5, 5.41) is 10.1. The van der Waals surface area contributed by atoms with Crippen LogP contribution in [0.5, 0.6) is 0 Å². The lowest BCUT2D eigenvalue weighted by Crippen LogP contribution is -2.42. The Morgan fingerprint density at radius 1 is 1.36 bits per heavy atom. The van der Waals surface area contributed by atoms with Crippen LogP contribution < -0.4 is 0 Å². The molecule has 1 unspecified atom stereocenters. The first-order chi connectivity index (χ1) is 11.6. The number of aliphatic hydroxyl groups excluding tert-OH is 1. The monoisotopic (exact) mass is 359 g/mol. The van der Waals surface area contributed by atoms with Crippen LogP contribution in [0.25, 0.3) is 5.52 Å². The summed E-state index contributed by atoms with van der Waals surface area (Å²) in [5.74, 6) is 0.0305. The van der Waals surface area contributed by atoms with Crippen molar-refractivity contribution in [1.29, 1.82) is 0 Å². The Bertz CT molecular complexity index is 943. The molecule has 3 aromatic rings. The maximum Gasteiger partial charge on any atom is 0.188 e. The van der Waals surface area contributed by atoms with Gasteiger partial charge in [-0.15, -0.1) is 12.4 Å². The summed E-state index contributed by atoms with van der Waals surface area (Å²) in [5.41, 5.74) is 5.12. The third-order valence-electron chi connectivity index (χ3n) is 5.52. The van der Waals surface area contributed by atoms with E-state index < -0.39 is 5.41 Å². The molecule has 6 heteroatoms. The number of H-pyrrole nitrogens is 1. The number of carbonyl (C=O) groups is 1. The number of nitrogens with one attached hydrogen (secondary N) is 1. The number of rotatable bonds is 3. The van der Waals surface area contributed by atoms with Crippen LogP contribution in [0.4, 0.5) is 0 Å². The van der Waals surface area contributed by atoms with Crippen LogP contribution in [0.1, 0.15) is 39.4 Å². The fraction of sp³-hybridized carbons (Fsp3) is 0.368. The molecule has 3 heterocycles. The Kier molecular flexibility index (Phi) is 4.47. The van der Waals surface area contributed by atoms with Crippen molar-refractivity contribution in [2.75, 3.05) is 6.61 Å². The second kappa shape index (κ2) is 6.32. The number of carbonyl (C=O) groups excluding carboxylic acids is 1. The van der Waals surface area contributed by atoms with E-state index in [1.165, 1.54) is 5.56 Å². The topological polar surface area (TPSA) is 70.4 Å². The molecule has 0 fully saturated rings. The normalized spacial score (nSPS) is 19.7. The first-order valence-corrected chi connectivity index (χ1v) is 8.30. The van der Waals surface area contributed by atoms with Crippen LogP contribution >= 0.6 is 12.4 Å². The van der Waals surface area contributed by atoms with E-state index in [1.807, 2.05) is 35.7 Å². The van der Waals surface area contributed by atoms with Gasteiger partial charge in [0.15, 0.2) is 5.78 Å². The van der Waals surface area contributed by atoms with E-state index in [-0.39, 0.29) is 24.8 Å². The van der Waals surface area contributed by atoms with E-state index in [4.69, 9.17) is 0 Å². The van der Waals surface area contributed by atoms with Gasteiger partial charge in [-0.25, -0.2) is 4.98 Å². The smallest absolute Gasteiger partial charge is 0.188 e. The molecule has 1 aliphatic carbocycles. The van der Waals surface area contributed by atoms with Gasteiger partial charge in [0.05, 0.1) is 29.7 Å². The van der Waals surface area contributed by atoms with Gasteiger partial charge in [-0.2, -0.15) is 0 Å². The quantitative estimate of drug-likeness (QED) is 0.755. The highest BCUT2D eigenvalue weighted by molar-refractivity contribution is 6.03. The minimum atomic E-state index is -0.788. The molecule has 132 valence electrons. The van der Waals surface area contributed by atoms with Crippen molar-refractivity contribution in [3.8, 4) is 0 Å². The molecule has 0 amide bonds. The summed E-state index contributed by atoms with van der Waals surface area (Å²) in [6.07, 6.45) is 5.51. The van der Waals surface area contributed by atoms with Crippen LogP contribution in [0.2, 0.25) is 0 Å². The predicted octanol–water partition coefficient (Wildman–Crippen LogP) is 3.05. The SMILES string of the molecule is Cc1[nH]cnc1CC1(CO)CCc2c(C)c3ccccn3c2C1=O.Cl. The second-order valence-electron chi connectivity index (χ2n) is 6.83. The summed E-state index contributed by atoms with van der Waals surface area (Å²) < 4.78 is 1.98. The summed E-state index contributed by atoms with van der Waals surface area (Å²) in [6.45, 7) is 3.87. The molecule has 0 spiro atoms. The van der Waals surface area contributed by atoms with E-state index >= 15 is 0 Å². The maximum atomic E-state index is 13.4. The van der Waals surface area contributed by atoms with Gasteiger partial charge in [0.25, 0.3) is 0 Å². The van der Waals surface area contributed by atoms with Crippen LogP contribution in [0, 0.1) is 19.3 Å². The summed E-state index contributed by atoms with van der Waals surface area (Å²) in [7, 11) is 0. The summed E-state index contributed by atoms with van der Waals surface area (Å²) in [4.78, 5) is 20.8. The second-order valence-corrected chi connectivity index (χ2v) is 6.83. The van der Waals surface area contributed by atoms with Crippen molar-refractivity contribution in [2.24, 2.45) is 5.41 Å². The van der Waals surface area contributed by atoms with Crippen LogP contribution in [0.3, 0.4) is 0 Å². The molecule has 4 rings (SSSR count). The molecule has 1 atom stereocenters. The molecule has 0 aliphatic heterocycles. The van der Waals surface area contributed by atoms with Crippen molar-refractivity contribution < 1.29 is 9.90 Å². The zero-order chi connectivity index (χ0) is 16.9. The molecule has 3 aromatic heterocycles. The van der Waals surface area contributed by atoms with Crippen LogP contribution in [-0.2, 0) is 12.8 Å². The van der Waals surface area contributed by atoms with Gasteiger partial charge >= 0.3 is 0 Å². The number of fused-ring (bicyclic) bond motifs is 3. The number of aromatic amines is 1. The van der Waals surface area contributed by atoms with Crippen LogP contribution in [0.15, 0.2) is 30.7 Å². The molecule has 0 bridgehead atoms. The van der Waals surface area contributed by atoms with Crippen molar-refractivity contribution in [3.63, 3.8) is 0 Å². The summed E-state index contributed by atoms with van der Waals surface area (Å²) in [6, 6.07) is 5.97. The van der Waals surface area contributed by atoms with Gasteiger partial charge in [0.2, 0.25) is 0 Å². The molecule has 0 radical (unpaired) electrons. The number of aliphatic hydroxyl groups is 1. The molecule has 5 nitrogen and oxygen atoms in total. The zero-order valence-corrected chi connectivity index (χ0v) is 15.2. The third-order valence-corrected chi connectivity index (χ3v) is 5.52. The van der Waals surface area contributed by atoms with Gasteiger partial charge in [-0.1, -0.05) is 6.07 Å². The van der Waals surface area contributed by atoms with E-state index in [0.717, 1.165) is 34.6 Å². The molecular weight excluding hydrogens is 338 g/mol. The molecule has 25 heavy (non-hydrogen) atoms. The number of aromatic nitrogens is 3. The Hall–Kier alpha value is -2.11. The Labute approximate surface area is 152 Å². The molecule has 0 saturated heterocycles. The van der Waals surface area contributed by atoms with Gasteiger partial charge in [-0.3, -0.25) is 4.79 Å². The number of nitrogens with zero attached hydrogens (tertiary/aromatic N) is 2. The van der Waals surface area contributed by atoms with E-state index in [9.17, 15) is 9.90 Å². The molecule has 0 aromatic carbocycles. The molecule has 1 aliphatic rings. The fourth-order valence-electron chi connectivity index (χ4n) is 3.96. The number of hydrogen-bond donors (Lipinski definition) is 2. The van der Waals surface area contributed by atoms with Crippen molar-refractivity contribution >= 4 is 23.7 Å². The highest BCUT2D eigenvalue weighted by Crippen LogP contribution is 2.41. The largest absolute Gasteiger partial charge is 0.395 e. The average Bonchev–Trinajstić information content (AvgIpc) is 3.13. The summed E-state index contributed by atoms with van der Waals surface area (Å²) >= 11 is 0. The lowest BCUT2D eigenvalue weighted by molar-refractivity contribution is 0.0577. The van der Waals surface area contributed by atoms with Gasteiger partial charge < -0.3 is 14.5 Å². The third kappa shape index (κ3) is 2.50. The fourth-order valence-corrected chi connectivity index (χ4v) is 3.96. The molecular formula is C19H22ClN3O2. The van der Waals surface area contributed by atoms with Gasteiger partial charge in [0.1, 0.15) is 0 Å². The Morgan fingerprint density at radius 2 is 2.16 bits per heavy atom. The lowest BCUT2D eigenvalue weighted by Gasteiger charge is -2.34. The minimum Gasteiger partial charge on any atom is -0.395 e. The number of pyridine rings is 1. The number of Topliss-reactive ketones (excluding diaryl/α,β-unsaturated/α-hetero) is 1. The Balaban J connectivity index is 0.00000182. The van der Waals surface area contributed by atoms with Crippen molar-refractivity contribution in [1.82, 2.24) is 14.4 Å². The number of hydrogen-bond acceptors (Lipinski definition) is 3. The average molecular weight is 360 g/mol. The highest BCUT2D eigenvalue weighted by Gasteiger charge is 2.45. The Morgan fingerprint density at radius 3 is 2.84 bits per heavy atom. The minimum absolute atomic E-state index is 0. The van der Waals surface area contributed by atoms with E-state index in [2.05, 4.69) is 16.9 Å². The van der Waals surface area contributed by atoms with Crippen molar-refractivity contribution in [2.45, 2.75) is 33.1 Å².